The van der Waals surface area contributed by atoms with Gasteiger partial charge in [-0.05, 0) is 18.8 Å². The van der Waals surface area contributed by atoms with E-state index >= 15 is 0 Å². The predicted octanol–water partition coefficient (Wildman–Crippen LogP) is 12.2. The highest BCUT2D eigenvalue weighted by Crippen LogP contribution is 2.16. The first-order valence-corrected chi connectivity index (χ1v) is 20.0. The summed E-state index contributed by atoms with van der Waals surface area (Å²) < 4.78 is 10.6. The van der Waals surface area contributed by atoms with Gasteiger partial charge in [0.05, 0.1) is 6.61 Å². The molecule has 5 nitrogen and oxygen atoms in total. The van der Waals surface area contributed by atoms with Crippen molar-refractivity contribution in [2.75, 3.05) is 13.2 Å². The van der Waals surface area contributed by atoms with Crippen LogP contribution in [0.3, 0.4) is 0 Å². The molecule has 0 aliphatic rings. The lowest BCUT2D eigenvalue weighted by Crippen LogP contribution is -2.28. The van der Waals surface area contributed by atoms with Crippen molar-refractivity contribution in [2.45, 2.75) is 226 Å². The van der Waals surface area contributed by atoms with Crippen LogP contribution in [-0.2, 0) is 19.1 Å². The fourth-order valence-electron chi connectivity index (χ4n) is 6.03. The van der Waals surface area contributed by atoms with Crippen LogP contribution >= 0.6 is 0 Å². The van der Waals surface area contributed by atoms with Crippen molar-refractivity contribution in [1.29, 1.82) is 0 Å². The lowest BCUT2D eigenvalue weighted by Gasteiger charge is -2.15. The van der Waals surface area contributed by atoms with Gasteiger partial charge >= 0.3 is 11.9 Å². The van der Waals surface area contributed by atoms with E-state index in [1.807, 2.05) is 0 Å². The monoisotopic (exact) mass is 639 g/mol. The molecule has 0 aromatic carbocycles. The van der Waals surface area contributed by atoms with Gasteiger partial charge in [0.1, 0.15) is 6.61 Å². The molecular formula is C40H78O5. The molecule has 0 aromatic rings. The van der Waals surface area contributed by atoms with E-state index in [1.54, 1.807) is 0 Å². The molecule has 0 amide bonds. The van der Waals surface area contributed by atoms with E-state index in [0.29, 0.717) is 12.8 Å². The first-order valence-electron chi connectivity index (χ1n) is 20.0. The average molecular weight is 639 g/mol. The van der Waals surface area contributed by atoms with Gasteiger partial charge in [0, 0.05) is 12.8 Å². The first kappa shape index (κ1) is 43.9. The van der Waals surface area contributed by atoms with Gasteiger partial charge in [-0.25, -0.2) is 0 Å². The van der Waals surface area contributed by atoms with Gasteiger partial charge in [0.2, 0.25) is 0 Å². The number of rotatable bonds is 36. The number of aliphatic hydroxyl groups excluding tert-OH is 1. The van der Waals surface area contributed by atoms with Crippen LogP contribution in [0.5, 0.6) is 0 Å². The molecule has 0 unspecified atom stereocenters. The van der Waals surface area contributed by atoms with Crippen LogP contribution in [0.2, 0.25) is 0 Å². The molecule has 1 atom stereocenters. The Balaban J connectivity index is 3.49. The molecule has 0 aliphatic heterocycles. The smallest absolute Gasteiger partial charge is 0.306 e. The Morgan fingerprint density at radius 1 is 0.489 bits per heavy atom. The van der Waals surface area contributed by atoms with Gasteiger partial charge < -0.3 is 14.6 Å². The second-order valence-electron chi connectivity index (χ2n) is 14.2. The summed E-state index contributed by atoms with van der Waals surface area (Å²) in [6.45, 7) is 6.51. The van der Waals surface area contributed by atoms with Crippen molar-refractivity contribution in [3.63, 3.8) is 0 Å². The summed E-state index contributed by atoms with van der Waals surface area (Å²) in [4.78, 5) is 24.2. The van der Waals surface area contributed by atoms with E-state index in [1.165, 1.54) is 154 Å². The molecule has 0 heterocycles. The maximum Gasteiger partial charge on any atom is 0.306 e. The Hall–Kier alpha value is -1.10. The Bertz CT molecular complexity index is 620. The number of carbonyl (C=O) groups is 2. The highest BCUT2D eigenvalue weighted by atomic mass is 16.6. The van der Waals surface area contributed by atoms with Crippen molar-refractivity contribution >= 4 is 11.9 Å². The first-order chi connectivity index (χ1) is 22.0. The van der Waals surface area contributed by atoms with E-state index in [-0.39, 0.29) is 25.2 Å². The van der Waals surface area contributed by atoms with Gasteiger partial charge in [-0.1, -0.05) is 194 Å². The van der Waals surface area contributed by atoms with Gasteiger partial charge in [-0.2, -0.15) is 0 Å². The summed E-state index contributed by atoms with van der Waals surface area (Å²) in [6.07, 6.45) is 37.3. The Morgan fingerprint density at radius 2 is 0.822 bits per heavy atom. The molecule has 0 rings (SSSR count). The quantitative estimate of drug-likeness (QED) is 0.0546. The SMILES string of the molecule is CCCCCCCCCCCCCCCCCCC(=O)OC[C@H](CO)OC(=O)CCCCCCCCCCCCCCC(C)C. The lowest BCUT2D eigenvalue weighted by molar-refractivity contribution is -0.161. The molecule has 1 N–H and O–H groups in total. The minimum absolute atomic E-state index is 0.0577. The lowest BCUT2D eigenvalue weighted by atomic mass is 10.0. The third-order valence-electron chi connectivity index (χ3n) is 9.08. The molecule has 5 heteroatoms. The van der Waals surface area contributed by atoms with Crippen LogP contribution in [0, 0.1) is 5.92 Å². The second kappa shape index (κ2) is 35.7. The summed E-state index contributed by atoms with van der Waals surface area (Å²) in [6, 6.07) is 0. The predicted molar refractivity (Wildman–Crippen MR) is 192 cm³/mol. The zero-order valence-corrected chi connectivity index (χ0v) is 30.6. The standard InChI is InChI=1S/C40H78O5/c1-4-5-6-7-8-9-10-11-12-13-14-18-21-24-27-30-33-39(42)44-36-38(35-41)45-40(43)34-31-28-25-22-19-16-15-17-20-23-26-29-32-37(2)3/h37-38,41H,4-36H2,1-3H3/t38-/m0/s1. The summed E-state index contributed by atoms with van der Waals surface area (Å²) in [5, 5.41) is 9.55. The minimum atomic E-state index is -0.762. The van der Waals surface area contributed by atoms with Crippen LogP contribution in [0.25, 0.3) is 0 Å². The number of ether oxygens (including phenoxy) is 2. The maximum atomic E-state index is 12.2. The molecular weight excluding hydrogens is 560 g/mol. The Labute approximate surface area is 280 Å². The average Bonchev–Trinajstić information content (AvgIpc) is 3.02. The van der Waals surface area contributed by atoms with E-state index in [9.17, 15) is 14.7 Å². The van der Waals surface area contributed by atoms with Crippen molar-refractivity contribution in [2.24, 2.45) is 5.92 Å². The molecule has 45 heavy (non-hydrogen) atoms. The number of esters is 2. The maximum absolute atomic E-state index is 12.2. The number of hydrogen-bond acceptors (Lipinski definition) is 5. The van der Waals surface area contributed by atoms with E-state index in [4.69, 9.17) is 9.47 Å². The molecule has 0 spiro atoms. The fraction of sp³-hybridized carbons (Fsp3) is 0.950. The minimum Gasteiger partial charge on any atom is -0.462 e. The summed E-state index contributed by atoms with van der Waals surface area (Å²) >= 11 is 0. The largest absolute Gasteiger partial charge is 0.462 e. The zero-order chi connectivity index (χ0) is 33.1. The molecule has 0 saturated heterocycles. The van der Waals surface area contributed by atoms with Crippen LogP contribution in [-0.4, -0.2) is 36.4 Å². The number of carbonyl (C=O) groups excluding carboxylic acids is 2. The summed E-state index contributed by atoms with van der Waals surface area (Å²) in [5.74, 6) is 0.264. The third-order valence-corrected chi connectivity index (χ3v) is 9.08. The van der Waals surface area contributed by atoms with E-state index in [0.717, 1.165) is 38.0 Å². The molecule has 0 aliphatic carbocycles. The topological polar surface area (TPSA) is 72.8 Å². The fourth-order valence-corrected chi connectivity index (χ4v) is 6.03. The van der Waals surface area contributed by atoms with Gasteiger partial charge in [0.15, 0.2) is 6.10 Å². The van der Waals surface area contributed by atoms with Crippen LogP contribution < -0.4 is 0 Å². The van der Waals surface area contributed by atoms with E-state index < -0.39 is 6.10 Å². The van der Waals surface area contributed by atoms with E-state index in [2.05, 4.69) is 20.8 Å². The highest BCUT2D eigenvalue weighted by molar-refractivity contribution is 5.70. The van der Waals surface area contributed by atoms with Crippen LogP contribution in [0.1, 0.15) is 220 Å². The molecule has 0 bridgehead atoms. The molecule has 0 radical (unpaired) electrons. The molecule has 0 fully saturated rings. The van der Waals surface area contributed by atoms with Crippen LogP contribution in [0.15, 0.2) is 0 Å². The highest BCUT2D eigenvalue weighted by Gasteiger charge is 2.16. The van der Waals surface area contributed by atoms with Crippen LogP contribution in [0.4, 0.5) is 0 Å². The van der Waals surface area contributed by atoms with Crippen molar-refractivity contribution < 1.29 is 24.2 Å². The van der Waals surface area contributed by atoms with Crippen molar-refractivity contribution in [3.8, 4) is 0 Å². The third kappa shape index (κ3) is 35.6. The Morgan fingerprint density at radius 3 is 1.18 bits per heavy atom. The number of unbranched alkanes of at least 4 members (excludes halogenated alkanes) is 26. The normalized spacial score (nSPS) is 12.1. The van der Waals surface area contributed by atoms with Crippen molar-refractivity contribution in [1.82, 2.24) is 0 Å². The molecule has 0 saturated carbocycles. The summed E-state index contributed by atoms with van der Waals surface area (Å²) in [5.41, 5.74) is 0. The van der Waals surface area contributed by atoms with Gasteiger partial charge in [0.25, 0.3) is 0 Å². The summed E-state index contributed by atoms with van der Waals surface area (Å²) in [7, 11) is 0. The Kier molecular flexibility index (Phi) is 34.9. The van der Waals surface area contributed by atoms with Crippen molar-refractivity contribution in [3.05, 3.63) is 0 Å². The molecule has 0 aromatic heterocycles. The zero-order valence-electron chi connectivity index (χ0n) is 30.6. The number of hydrogen-bond donors (Lipinski definition) is 1. The molecule has 268 valence electrons. The second-order valence-corrected chi connectivity index (χ2v) is 14.2. The van der Waals surface area contributed by atoms with Gasteiger partial charge in [-0.15, -0.1) is 0 Å². The number of aliphatic hydroxyl groups is 1. The van der Waals surface area contributed by atoms with Gasteiger partial charge in [-0.3, -0.25) is 9.59 Å².